The molecule has 1 aliphatic rings. The van der Waals surface area contributed by atoms with Crippen LogP contribution in [0.25, 0.3) is 23.1 Å². The van der Waals surface area contributed by atoms with E-state index < -0.39 is 18.0 Å². The van der Waals surface area contributed by atoms with Gasteiger partial charge in [-0.05, 0) is 72.9 Å². The number of aryl methyl sites for hydroxylation is 1. The molecule has 0 fully saturated rings. The number of furan rings is 1. The normalized spacial score (nSPS) is 14.5. The van der Waals surface area contributed by atoms with Crippen molar-refractivity contribution in [2.75, 3.05) is 13.7 Å². The maximum atomic E-state index is 14.4. The Morgan fingerprint density at radius 3 is 2.42 bits per heavy atom. The summed E-state index contributed by atoms with van der Waals surface area (Å²) in [6.45, 7) is 7.98. The molecule has 0 saturated carbocycles. The average molecular weight is 663 g/mol. The lowest BCUT2D eigenvalue weighted by Crippen LogP contribution is -2.40. The van der Waals surface area contributed by atoms with Crippen LogP contribution in [0.5, 0.6) is 5.75 Å². The van der Waals surface area contributed by atoms with Crippen molar-refractivity contribution in [1.29, 1.82) is 0 Å². The minimum absolute atomic E-state index is 0.104. The number of thiazole rings is 1. The van der Waals surface area contributed by atoms with Crippen LogP contribution in [0.3, 0.4) is 0 Å². The summed E-state index contributed by atoms with van der Waals surface area (Å²) in [7, 11) is 1.63. The molecule has 1 aliphatic heterocycles. The molecule has 244 valence electrons. The van der Waals surface area contributed by atoms with Gasteiger partial charge in [0.1, 0.15) is 17.3 Å². The van der Waals surface area contributed by atoms with Crippen molar-refractivity contribution >= 4 is 35.0 Å². The van der Waals surface area contributed by atoms with Crippen molar-refractivity contribution in [3.05, 3.63) is 138 Å². The first-order chi connectivity index (χ1) is 23.1. The summed E-state index contributed by atoms with van der Waals surface area (Å²) < 4.78 is 19.3. The number of methoxy groups -OCH3 is 1. The molecular formula is C38H34N2O7S. The number of nitrogens with zero attached hydrogens (tertiary/aromatic N) is 2. The van der Waals surface area contributed by atoms with E-state index in [1.54, 1.807) is 48.9 Å². The molecule has 0 amide bonds. The van der Waals surface area contributed by atoms with E-state index in [9.17, 15) is 19.5 Å². The lowest BCUT2D eigenvalue weighted by Gasteiger charge is -2.28. The van der Waals surface area contributed by atoms with Gasteiger partial charge in [0.15, 0.2) is 4.80 Å². The molecule has 0 saturated heterocycles. The number of esters is 1. The molecule has 3 heterocycles. The number of aromatic carboxylic acids is 1. The van der Waals surface area contributed by atoms with Crippen molar-refractivity contribution < 1.29 is 28.6 Å². The van der Waals surface area contributed by atoms with Crippen LogP contribution in [0.15, 0.2) is 98.6 Å². The SMILES string of the molecule is CCOC(=O)C1=C(c2ccccc2)N=c2s/c(=C\c3ccc(-c4ccc(C(=O)O)cc4)o3)c(=O)n2C1c1cc(C(C)C)c(OC)cc1C. The van der Waals surface area contributed by atoms with Gasteiger partial charge >= 0.3 is 11.9 Å². The van der Waals surface area contributed by atoms with Crippen LogP contribution in [-0.2, 0) is 9.53 Å². The molecule has 0 radical (unpaired) electrons. The van der Waals surface area contributed by atoms with Gasteiger partial charge in [-0.15, -0.1) is 0 Å². The number of ether oxygens (including phenoxy) is 2. The highest BCUT2D eigenvalue weighted by atomic mass is 32.1. The van der Waals surface area contributed by atoms with E-state index in [0.29, 0.717) is 32.1 Å². The smallest absolute Gasteiger partial charge is 0.338 e. The molecule has 0 aliphatic carbocycles. The number of hydrogen-bond donors (Lipinski definition) is 1. The summed E-state index contributed by atoms with van der Waals surface area (Å²) in [5.74, 6) is 0.231. The number of aromatic nitrogens is 1. The van der Waals surface area contributed by atoms with E-state index in [1.165, 1.54) is 23.5 Å². The summed E-state index contributed by atoms with van der Waals surface area (Å²) >= 11 is 1.21. The third-order valence-corrected chi connectivity index (χ3v) is 9.21. The Balaban J connectivity index is 1.58. The zero-order valence-corrected chi connectivity index (χ0v) is 28.0. The molecule has 10 heteroatoms. The van der Waals surface area contributed by atoms with Crippen molar-refractivity contribution in [3.8, 4) is 17.1 Å². The minimum atomic E-state index is -1.01. The van der Waals surface area contributed by atoms with E-state index in [1.807, 2.05) is 49.4 Å². The van der Waals surface area contributed by atoms with Crippen LogP contribution in [0, 0.1) is 6.92 Å². The van der Waals surface area contributed by atoms with Crippen molar-refractivity contribution in [2.45, 2.75) is 39.7 Å². The topological polar surface area (TPSA) is 120 Å². The highest BCUT2D eigenvalue weighted by Crippen LogP contribution is 2.40. The molecule has 3 aromatic carbocycles. The first-order valence-corrected chi connectivity index (χ1v) is 16.3. The summed E-state index contributed by atoms with van der Waals surface area (Å²) in [6, 6.07) is 22.4. The summed E-state index contributed by atoms with van der Waals surface area (Å²) in [5.41, 5.74) is 4.54. The van der Waals surface area contributed by atoms with Gasteiger partial charge in [-0.3, -0.25) is 9.36 Å². The van der Waals surface area contributed by atoms with Gasteiger partial charge in [0, 0.05) is 17.2 Å². The van der Waals surface area contributed by atoms with Crippen molar-refractivity contribution in [1.82, 2.24) is 4.57 Å². The van der Waals surface area contributed by atoms with Crippen LogP contribution in [0.2, 0.25) is 0 Å². The van der Waals surface area contributed by atoms with Crippen LogP contribution >= 0.6 is 11.3 Å². The number of fused-ring (bicyclic) bond motifs is 1. The van der Waals surface area contributed by atoms with Crippen molar-refractivity contribution in [2.24, 2.45) is 4.99 Å². The minimum Gasteiger partial charge on any atom is -0.496 e. The Morgan fingerprint density at radius 2 is 1.77 bits per heavy atom. The monoisotopic (exact) mass is 662 g/mol. The van der Waals surface area contributed by atoms with E-state index in [-0.39, 0.29) is 29.2 Å². The van der Waals surface area contributed by atoms with Gasteiger partial charge in [0.05, 0.1) is 41.1 Å². The summed E-state index contributed by atoms with van der Waals surface area (Å²) in [6.07, 6.45) is 1.66. The van der Waals surface area contributed by atoms with Gasteiger partial charge < -0.3 is 19.0 Å². The Hall–Kier alpha value is -5.48. The Morgan fingerprint density at radius 1 is 1.04 bits per heavy atom. The fourth-order valence-electron chi connectivity index (χ4n) is 5.86. The van der Waals surface area contributed by atoms with Gasteiger partial charge in [0.2, 0.25) is 0 Å². The second-order valence-corrected chi connectivity index (χ2v) is 12.6. The number of carbonyl (C=O) groups excluding carboxylic acids is 1. The predicted molar refractivity (Wildman–Crippen MR) is 184 cm³/mol. The Labute approximate surface area is 280 Å². The number of benzene rings is 3. The van der Waals surface area contributed by atoms with Gasteiger partial charge in [-0.1, -0.05) is 67.6 Å². The number of carboxylic acid groups (broad SMARTS) is 1. The molecule has 9 nitrogen and oxygen atoms in total. The third kappa shape index (κ3) is 6.02. The zero-order chi connectivity index (χ0) is 34.1. The van der Waals surface area contributed by atoms with Crippen LogP contribution < -0.4 is 19.6 Å². The summed E-state index contributed by atoms with van der Waals surface area (Å²) in [4.78, 5) is 44.9. The number of carboxylic acids is 1. The van der Waals surface area contributed by atoms with E-state index in [2.05, 4.69) is 13.8 Å². The molecule has 0 bridgehead atoms. The van der Waals surface area contributed by atoms with Gasteiger partial charge in [-0.25, -0.2) is 14.6 Å². The molecule has 0 spiro atoms. The largest absolute Gasteiger partial charge is 0.496 e. The van der Waals surface area contributed by atoms with E-state index in [0.717, 1.165) is 28.0 Å². The maximum Gasteiger partial charge on any atom is 0.338 e. The van der Waals surface area contributed by atoms with E-state index in [4.69, 9.17) is 18.9 Å². The van der Waals surface area contributed by atoms with E-state index >= 15 is 0 Å². The molecule has 1 unspecified atom stereocenters. The molecule has 1 atom stereocenters. The van der Waals surface area contributed by atoms with Crippen LogP contribution in [0.4, 0.5) is 0 Å². The quantitative estimate of drug-likeness (QED) is 0.183. The molecule has 6 rings (SSSR count). The molecule has 48 heavy (non-hydrogen) atoms. The molecule has 2 aromatic heterocycles. The Bertz CT molecular complexity index is 2240. The number of carbonyl (C=O) groups is 2. The highest BCUT2D eigenvalue weighted by Gasteiger charge is 2.36. The van der Waals surface area contributed by atoms with Gasteiger partial charge in [0.25, 0.3) is 5.56 Å². The second kappa shape index (κ2) is 13.3. The third-order valence-electron chi connectivity index (χ3n) is 8.23. The van der Waals surface area contributed by atoms with Gasteiger partial charge in [-0.2, -0.15) is 0 Å². The molecule has 5 aromatic rings. The zero-order valence-electron chi connectivity index (χ0n) is 27.1. The number of hydrogen-bond acceptors (Lipinski definition) is 8. The highest BCUT2D eigenvalue weighted by molar-refractivity contribution is 7.07. The number of rotatable bonds is 9. The lowest BCUT2D eigenvalue weighted by atomic mass is 9.87. The fourth-order valence-corrected chi connectivity index (χ4v) is 6.85. The average Bonchev–Trinajstić information content (AvgIpc) is 3.68. The van der Waals surface area contributed by atoms with Crippen molar-refractivity contribution in [3.63, 3.8) is 0 Å². The van der Waals surface area contributed by atoms with Crippen LogP contribution in [-0.4, -0.2) is 35.3 Å². The molecule has 1 N–H and O–H groups in total. The standard InChI is InChI=1S/C38H34N2O7S/c1-6-46-37(44)32-33(24-10-8-7-9-11-24)39-38-40(34(32)28-20-27(21(2)3)30(45-5)18-22(28)4)35(41)31(48-38)19-26-16-17-29(47-26)23-12-14-25(15-13-23)36(42)43/h7-21,34H,6H2,1-5H3,(H,42,43)/b31-19-. The molecular weight excluding hydrogens is 628 g/mol. The summed E-state index contributed by atoms with van der Waals surface area (Å²) in [5, 5.41) is 9.23. The second-order valence-electron chi connectivity index (χ2n) is 11.6. The lowest BCUT2D eigenvalue weighted by molar-refractivity contribution is -0.138. The van der Waals surface area contributed by atoms with Crippen LogP contribution in [0.1, 0.15) is 71.1 Å². The first kappa shape index (κ1) is 32.5. The Kier molecular flexibility index (Phi) is 9.01. The fraction of sp³-hybridized carbons (Fsp3) is 0.211. The first-order valence-electron chi connectivity index (χ1n) is 15.5. The maximum absolute atomic E-state index is 14.4. The predicted octanol–water partition coefficient (Wildman–Crippen LogP) is 6.33.